The van der Waals surface area contributed by atoms with Crippen LogP contribution in [0.3, 0.4) is 0 Å². The molecule has 0 aromatic heterocycles. The lowest BCUT2D eigenvalue weighted by Crippen LogP contribution is -2.43. The first kappa shape index (κ1) is 17.9. The van der Waals surface area contributed by atoms with Crippen molar-refractivity contribution in [3.05, 3.63) is 108 Å². The first-order valence-corrected chi connectivity index (χ1v) is 10.9. The molecule has 6 rings (SSSR count). The molecule has 0 radical (unpaired) electrons. The molecular formula is C27H25NO2. The van der Waals surface area contributed by atoms with E-state index in [4.69, 9.17) is 4.74 Å². The molecule has 1 spiro atoms. The molecular weight excluding hydrogens is 370 g/mol. The lowest BCUT2D eigenvalue weighted by Gasteiger charge is -2.37. The summed E-state index contributed by atoms with van der Waals surface area (Å²) >= 11 is 0. The van der Waals surface area contributed by atoms with Crippen LogP contribution in [-0.2, 0) is 15.1 Å². The van der Waals surface area contributed by atoms with E-state index in [1.807, 2.05) is 18.2 Å². The standard InChI is InChI=1S/C27H25NO2/c29-24-19-23-17-10-18-26(23)28(24)25(20-11-4-1-5-12-20)27(30-26,21-13-6-2-7-14-21)22-15-8-3-9-16-22/h1-9,11-16,23,25H,10,17-19H2. The Morgan fingerprint density at radius 1 is 0.800 bits per heavy atom. The van der Waals surface area contributed by atoms with Gasteiger partial charge >= 0.3 is 0 Å². The third-order valence-electron chi connectivity index (χ3n) is 7.32. The molecule has 2 aliphatic heterocycles. The maximum absolute atomic E-state index is 13.4. The van der Waals surface area contributed by atoms with Crippen LogP contribution in [0.1, 0.15) is 48.4 Å². The molecule has 0 N–H and O–H groups in total. The van der Waals surface area contributed by atoms with Crippen LogP contribution < -0.4 is 0 Å². The summed E-state index contributed by atoms with van der Waals surface area (Å²) in [6, 6.07) is 31.2. The van der Waals surface area contributed by atoms with Gasteiger partial charge in [0.15, 0.2) is 0 Å². The van der Waals surface area contributed by atoms with E-state index in [0.717, 1.165) is 36.0 Å². The highest BCUT2D eigenvalue weighted by Crippen LogP contribution is 2.65. The molecule has 30 heavy (non-hydrogen) atoms. The predicted molar refractivity (Wildman–Crippen MR) is 115 cm³/mol. The molecule has 3 aliphatic rings. The third kappa shape index (κ3) is 2.27. The van der Waals surface area contributed by atoms with Crippen molar-refractivity contribution in [2.45, 2.75) is 43.1 Å². The molecule has 3 aromatic carbocycles. The number of carbonyl (C=O) groups excluding carboxylic acids is 1. The van der Waals surface area contributed by atoms with Gasteiger partial charge in [-0.2, -0.15) is 0 Å². The van der Waals surface area contributed by atoms with Gasteiger partial charge in [0.05, 0.1) is 6.04 Å². The molecule has 3 atom stereocenters. The van der Waals surface area contributed by atoms with Gasteiger partial charge in [-0.15, -0.1) is 0 Å². The molecule has 3 aromatic rings. The van der Waals surface area contributed by atoms with Gasteiger partial charge in [0.2, 0.25) is 5.91 Å². The van der Waals surface area contributed by atoms with E-state index in [2.05, 4.69) is 77.7 Å². The monoisotopic (exact) mass is 395 g/mol. The molecule has 0 bridgehead atoms. The van der Waals surface area contributed by atoms with Crippen LogP contribution in [0, 0.1) is 5.92 Å². The van der Waals surface area contributed by atoms with Gasteiger partial charge in [-0.1, -0.05) is 91.0 Å². The van der Waals surface area contributed by atoms with Gasteiger partial charge < -0.3 is 9.64 Å². The maximum Gasteiger partial charge on any atom is 0.225 e. The van der Waals surface area contributed by atoms with Gasteiger partial charge in [-0.3, -0.25) is 4.79 Å². The van der Waals surface area contributed by atoms with Crippen molar-refractivity contribution < 1.29 is 9.53 Å². The second-order valence-corrected chi connectivity index (χ2v) is 8.78. The number of hydrogen-bond donors (Lipinski definition) is 0. The lowest BCUT2D eigenvalue weighted by atomic mass is 9.77. The molecule has 150 valence electrons. The largest absolute Gasteiger partial charge is 0.337 e. The molecule has 1 saturated carbocycles. The summed E-state index contributed by atoms with van der Waals surface area (Å²) in [5, 5.41) is 0. The minimum atomic E-state index is -0.734. The molecule has 3 heteroatoms. The zero-order valence-electron chi connectivity index (χ0n) is 16.9. The van der Waals surface area contributed by atoms with Gasteiger partial charge in [-0.25, -0.2) is 0 Å². The van der Waals surface area contributed by atoms with Crippen LogP contribution in [0.25, 0.3) is 0 Å². The van der Waals surface area contributed by atoms with Crippen molar-refractivity contribution in [2.24, 2.45) is 5.92 Å². The maximum atomic E-state index is 13.4. The van der Waals surface area contributed by atoms with E-state index >= 15 is 0 Å². The first-order valence-electron chi connectivity index (χ1n) is 10.9. The summed E-state index contributed by atoms with van der Waals surface area (Å²) in [7, 11) is 0. The van der Waals surface area contributed by atoms with Gasteiger partial charge in [0.25, 0.3) is 0 Å². The third-order valence-corrected chi connectivity index (χ3v) is 7.32. The number of carbonyl (C=O) groups is 1. The van der Waals surface area contributed by atoms with E-state index in [-0.39, 0.29) is 17.9 Å². The number of ether oxygens (including phenoxy) is 1. The Morgan fingerprint density at radius 2 is 1.37 bits per heavy atom. The van der Waals surface area contributed by atoms with Crippen molar-refractivity contribution in [1.29, 1.82) is 0 Å². The molecule has 2 saturated heterocycles. The molecule has 3 unspecified atom stereocenters. The molecule has 2 heterocycles. The fraction of sp³-hybridized carbons (Fsp3) is 0.296. The predicted octanol–water partition coefficient (Wildman–Crippen LogP) is 5.43. The van der Waals surface area contributed by atoms with Crippen LogP contribution in [-0.4, -0.2) is 16.5 Å². The Morgan fingerprint density at radius 3 is 1.97 bits per heavy atom. The van der Waals surface area contributed by atoms with E-state index in [9.17, 15) is 4.79 Å². The number of nitrogens with zero attached hydrogens (tertiary/aromatic N) is 1. The van der Waals surface area contributed by atoms with E-state index in [1.54, 1.807) is 0 Å². The average molecular weight is 396 g/mol. The summed E-state index contributed by atoms with van der Waals surface area (Å²) in [6.45, 7) is 0. The average Bonchev–Trinajstić information content (AvgIpc) is 3.42. The van der Waals surface area contributed by atoms with Crippen LogP contribution in [0.5, 0.6) is 0 Å². The van der Waals surface area contributed by atoms with Crippen molar-refractivity contribution >= 4 is 5.91 Å². The molecule has 1 aliphatic carbocycles. The van der Waals surface area contributed by atoms with Crippen molar-refractivity contribution in [3.8, 4) is 0 Å². The van der Waals surface area contributed by atoms with Gasteiger partial charge in [-0.05, 0) is 36.0 Å². The Bertz CT molecular complexity index is 1030. The summed E-state index contributed by atoms with van der Waals surface area (Å²) in [5.41, 5.74) is 2.09. The Balaban J connectivity index is 1.68. The fourth-order valence-corrected chi connectivity index (χ4v) is 6.18. The quantitative estimate of drug-likeness (QED) is 0.592. The van der Waals surface area contributed by atoms with Gasteiger partial charge in [0.1, 0.15) is 11.3 Å². The minimum absolute atomic E-state index is 0.195. The van der Waals surface area contributed by atoms with Crippen molar-refractivity contribution in [1.82, 2.24) is 4.90 Å². The lowest BCUT2D eigenvalue weighted by molar-refractivity contribution is -0.147. The SMILES string of the molecule is O=C1CC2CCCC23OC(c2ccccc2)(c2ccccc2)C(c2ccccc2)N13. The van der Waals surface area contributed by atoms with E-state index in [1.165, 1.54) is 0 Å². The molecule has 3 fully saturated rings. The summed E-state index contributed by atoms with van der Waals surface area (Å²) in [4.78, 5) is 15.6. The minimum Gasteiger partial charge on any atom is -0.337 e. The topological polar surface area (TPSA) is 29.5 Å². The summed E-state index contributed by atoms with van der Waals surface area (Å²) in [6.07, 6.45) is 3.68. The summed E-state index contributed by atoms with van der Waals surface area (Å²) < 4.78 is 7.30. The number of rotatable bonds is 3. The van der Waals surface area contributed by atoms with Crippen LogP contribution >= 0.6 is 0 Å². The second kappa shape index (κ2) is 6.55. The molecule has 3 nitrogen and oxygen atoms in total. The zero-order valence-corrected chi connectivity index (χ0v) is 16.9. The highest BCUT2D eigenvalue weighted by molar-refractivity contribution is 5.82. The van der Waals surface area contributed by atoms with Crippen molar-refractivity contribution in [3.63, 3.8) is 0 Å². The Labute approximate surface area is 177 Å². The van der Waals surface area contributed by atoms with Gasteiger partial charge in [0, 0.05) is 12.3 Å². The highest BCUT2D eigenvalue weighted by Gasteiger charge is 2.70. The van der Waals surface area contributed by atoms with E-state index in [0.29, 0.717) is 6.42 Å². The van der Waals surface area contributed by atoms with Crippen LogP contribution in [0.4, 0.5) is 0 Å². The van der Waals surface area contributed by atoms with Crippen LogP contribution in [0.2, 0.25) is 0 Å². The zero-order chi connectivity index (χ0) is 20.2. The Kier molecular flexibility index (Phi) is 3.91. The van der Waals surface area contributed by atoms with E-state index < -0.39 is 11.3 Å². The summed E-state index contributed by atoms with van der Waals surface area (Å²) in [5.74, 6) is 0.493. The number of benzene rings is 3. The first-order chi connectivity index (χ1) is 14.8. The smallest absolute Gasteiger partial charge is 0.225 e. The fourth-order valence-electron chi connectivity index (χ4n) is 6.18. The highest BCUT2D eigenvalue weighted by atomic mass is 16.6. The second-order valence-electron chi connectivity index (χ2n) is 8.78. The normalized spacial score (nSPS) is 29.1. The van der Waals surface area contributed by atoms with Crippen LogP contribution in [0.15, 0.2) is 91.0 Å². The van der Waals surface area contributed by atoms with Crippen molar-refractivity contribution in [2.75, 3.05) is 0 Å². The number of hydrogen-bond acceptors (Lipinski definition) is 2. The number of amides is 1. The Hall–Kier alpha value is -2.91. The molecule has 1 amide bonds.